The number of aryl methyl sites for hydroxylation is 1. The second-order valence-corrected chi connectivity index (χ2v) is 9.28. The summed E-state index contributed by atoms with van der Waals surface area (Å²) < 4.78 is 18.5. The van der Waals surface area contributed by atoms with Gasteiger partial charge < -0.3 is 15.0 Å². The summed E-state index contributed by atoms with van der Waals surface area (Å²) in [5.74, 6) is -0.483. The summed E-state index contributed by atoms with van der Waals surface area (Å²) in [5.41, 5.74) is 3.35. The topological polar surface area (TPSA) is 75.7 Å². The van der Waals surface area contributed by atoms with E-state index < -0.39 is 10.8 Å². The van der Waals surface area contributed by atoms with Crippen LogP contribution < -0.4 is 10.2 Å². The molecule has 0 aromatic heterocycles. The van der Waals surface area contributed by atoms with Gasteiger partial charge in [-0.2, -0.15) is 0 Å². The minimum Gasteiger partial charge on any atom is -0.385 e. The van der Waals surface area contributed by atoms with Crippen LogP contribution in [0.4, 0.5) is 5.69 Å². The largest absolute Gasteiger partial charge is 0.385 e. The van der Waals surface area contributed by atoms with Gasteiger partial charge in [-0.05, 0) is 54.8 Å². The van der Waals surface area contributed by atoms with Crippen LogP contribution in [-0.4, -0.2) is 36.3 Å². The summed E-state index contributed by atoms with van der Waals surface area (Å²) in [6, 6.07) is 19.9. The van der Waals surface area contributed by atoms with Crippen molar-refractivity contribution in [1.29, 1.82) is 0 Å². The third-order valence-electron chi connectivity index (χ3n) is 5.67. The molecule has 1 aliphatic heterocycles. The van der Waals surface area contributed by atoms with Crippen LogP contribution in [0.3, 0.4) is 0 Å². The summed E-state index contributed by atoms with van der Waals surface area (Å²) in [7, 11) is 0.0651. The predicted octanol–water partition coefficient (Wildman–Crippen LogP) is 4.09. The fourth-order valence-electron chi connectivity index (χ4n) is 3.84. The van der Waals surface area contributed by atoms with Crippen LogP contribution in [0.15, 0.2) is 76.5 Å². The second kappa shape index (κ2) is 10.1. The van der Waals surface area contributed by atoms with Crippen LogP contribution in [-0.2, 0) is 22.1 Å². The molecule has 0 fully saturated rings. The van der Waals surface area contributed by atoms with Gasteiger partial charge in [-0.3, -0.25) is 9.59 Å². The van der Waals surface area contributed by atoms with E-state index in [0.717, 1.165) is 11.1 Å². The molecule has 0 spiro atoms. The lowest BCUT2D eigenvalue weighted by Gasteiger charge is -2.24. The molecule has 3 aromatic rings. The minimum atomic E-state index is -1.55. The second-order valence-electron chi connectivity index (χ2n) is 7.87. The summed E-state index contributed by atoms with van der Waals surface area (Å²) in [4.78, 5) is 29.0. The van der Waals surface area contributed by atoms with Gasteiger partial charge in [0, 0.05) is 25.8 Å². The van der Waals surface area contributed by atoms with Gasteiger partial charge in [0.1, 0.15) is 0 Å². The number of nitrogens with one attached hydrogen (secondary N) is 1. The molecular weight excluding hydrogens is 436 g/mol. The Morgan fingerprint density at radius 3 is 2.58 bits per heavy atom. The van der Waals surface area contributed by atoms with Gasteiger partial charge in [-0.15, -0.1) is 0 Å². The highest BCUT2D eigenvalue weighted by Gasteiger charge is 2.31. The van der Waals surface area contributed by atoms with Crippen LogP contribution in [0.1, 0.15) is 38.3 Å². The number of ether oxygens (including phenoxy) is 1. The van der Waals surface area contributed by atoms with Gasteiger partial charge in [0.25, 0.3) is 11.8 Å². The highest BCUT2D eigenvalue weighted by atomic mass is 32.2. The van der Waals surface area contributed by atoms with Crippen molar-refractivity contribution in [3.05, 3.63) is 89.0 Å². The van der Waals surface area contributed by atoms with Crippen molar-refractivity contribution in [1.82, 2.24) is 5.32 Å². The molecule has 1 unspecified atom stereocenters. The van der Waals surface area contributed by atoms with Gasteiger partial charge >= 0.3 is 0 Å². The van der Waals surface area contributed by atoms with E-state index in [-0.39, 0.29) is 11.8 Å². The molecule has 1 N–H and O–H groups in total. The van der Waals surface area contributed by atoms with Gasteiger partial charge in [0.05, 0.1) is 38.4 Å². The Morgan fingerprint density at radius 2 is 1.79 bits per heavy atom. The Bertz CT molecular complexity index is 1220. The average molecular weight is 463 g/mol. The first kappa shape index (κ1) is 22.9. The molecule has 4 rings (SSSR count). The normalized spacial score (nSPS) is 14.9. The smallest absolute Gasteiger partial charge is 0.259 e. The number of methoxy groups -OCH3 is 1. The highest BCUT2D eigenvalue weighted by molar-refractivity contribution is 7.85. The van der Waals surface area contributed by atoms with Crippen molar-refractivity contribution in [2.75, 3.05) is 25.2 Å². The number of hydrogen-bond donors (Lipinski definition) is 1. The molecule has 1 heterocycles. The van der Waals surface area contributed by atoms with Crippen LogP contribution in [0.2, 0.25) is 0 Å². The summed E-state index contributed by atoms with van der Waals surface area (Å²) in [6.45, 7) is 3.34. The maximum Gasteiger partial charge on any atom is 0.259 e. The van der Waals surface area contributed by atoms with E-state index in [4.69, 9.17) is 4.74 Å². The van der Waals surface area contributed by atoms with E-state index >= 15 is 0 Å². The monoisotopic (exact) mass is 462 g/mol. The van der Waals surface area contributed by atoms with Crippen LogP contribution in [0, 0.1) is 6.92 Å². The van der Waals surface area contributed by atoms with E-state index in [2.05, 4.69) is 5.32 Å². The summed E-state index contributed by atoms with van der Waals surface area (Å²) >= 11 is 0. The van der Waals surface area contributed by atoms with E-state index in [1.807, 2.05) is 31.2 Å². The molecule has 1 aliphatic rings. The zero-order valence-electron chi connectivity index (χ0n) is 18.7. The Morgan fingerprint density at radius 1 is 1.03 bits per heavy atom. The number of rotatable bonds is 7. The summed E-state index contributed by atoms with van der Waals surface area (Å²) in [5, 5.41) is 2.87. The van der Waals surface area contributed by atoms with Crippen LogP contribution in [0.5, 0.6) is 0 Å². The zero-order valence-corrected chi connectivity index (χ0v) is 19.5. The first-order chi connectivity index (χ1) is 16.0. The molecule has 3 aromatic carbocycles. The molecule has 2 amide bonds. The molecule has 0 bridgehead atoms. The Balaban J connectivity index is 1.77. The molecule has 0 saturated carbocycles. The first-order valence-electron chi connectivity index (χ1n) is 10.8. The summed E-state index contributed by atoms with van der Waals surface area (Å²) in [6.07, 6.45) is 0.699. The van der Waals surface area contributed by atoms with Crippen molar-refractivity contribution in [2.45, 2.75) is 29.7 Å². The van der Waals surface area contributed by atoms with Gasteiger partial charge in [-0.1, -0.05) is 36.4 Å². The van der Waals surface area contributed by atoms with Crippen molar-refractivity contribution in [3.63, 3.8) is 0 Å². The number of benzene rings is 3. The standard InChI is InChI=1S/C26H26N2O4S/c1-18-8-3-4-9-20(18)17-28-22-16-19(25(29)27-14-7-15-32-2)12-13-24(22)33(31)23-11-6-5-10-21(23)26(28)30/h3-6,8-13,16H,7,14-15,17H2,1-2H3,(H,27,29). The number of fused-ring (bicyclic) bond motifs is 2. The lowest BCUT2D eigenvalue weighted by molar-refractivity contribution is 0.0945. The lowest BCUT2D eigenvalue weighted by atomic mass is 10.1. The van der Waals surface area contributed by atoms with Gasteiger partial charge in [0.15, 0.2) is 0 Å². The van der Waals surface area contributed by atoms with E-state index in [1.54, 1.807) is 54.5 Å². The number of hydrogen-bond acceptors (Lipinski definition) is 4. The average Bonchev–Trinajstić information content (AvgIpc) is 2.92. The van der Waals surface area contributed by atoms with Crippen LogP contribution in [0.25, 0.3) is 0 Å². The van der Waals surface area contributed by atoms with Gasteiger partial charge in [-0.25, -0.2) is 4.21 Å². The van der Waals surface area contributed by atoms with Crippen LogP contribution >= 0.6 is 0 Å². The molecule has 0 radical (unpaired) electrons. The maximum absolute atomic E-state index is 13.7. The SMILES string of the molecule is COCCCNC(=O)c1ccc2c(c1)N(Cc1ccccc1C)C(=O)c1ccccc1S2=O. The molecule has 0 saturated heterocycles. The number of nitrogens with zero attached hydrogens (tertiary/aromatic N) is 1. The van der Waals surface area contributed by atoms with Gasteiger partial charge in [0.2, 0.25) is 0 Å². The Hall–Kier alpha value is -3.29. The minimum absolute atomic E-state index is 0.237. The fraction of sp³-hybridized carbons (Fsp3) is 0.231. The van der Waals surface area contributed by atoms with Crippen molar-refractivity contribution >= 4 is 28.3 Å². The predicted molar refractivity (Wildman–Crippen MR) is 128 cm³/mol. The zero-order chi connectivity index (χ0) is 23.4. The van der Waals surface area contributed by atoms with E-state index in [1.165, 1.54) is 0 Å². The molecular formula is C26H26N2O4S. The number of carbonyl (C=O) groups is 2. The Labute approximate surface area is 196 Å². The Kier molecular flexibility index (Phi) is 7.01. The third-order valence-corrected chi connectivity index (χ3v) is 7.17. The first-order valence-corrected chi connectivity index (χ1v) is 11.9. The maximum atomic E-state index is 13.7. The molecule has 1 atom stereocenters. The molecule has 7 heteroatoms. The molecule has 6 nitrogen and oxygen atoms in total. The number of amides is 2. The highest BCUT2D eigenvalue weighted by Crippen LogP contribution is 2.36. The third kappa shape index (κ3) is 4.74. The number of anilines is 1. The number of carbonyl (C=O) groups excluding carboxylic acids is 2. The van der Waals surface area contributed by atoms with Crippen molar-refractivity contribution < 1.29 is 18.5 Å². The fourth-order valence-corrected chi connectivity index (χ4v) is 5.18. The lowest BCUT2D eigenvalue weighted by Crippen LogP contribution is -2.31. The van der Waals surface area contributed by atoms with E-state index in [9.17, 15) is 13.8 Å². The molecule has 0 aliphatic carbocycles. The molecule has 170 valence electrons. The van der Waals surface area contributed by atoms with Crippen molar-refractivity contribution in [2.24, 2.45) is 0 Å². The van der Waals surface area contributed by atoms with E-state index in [0.29, 0.717) is 52.7 Å². The van der Waals surface area contributed by atoms with Crippen molar-refractivity contribution in [3.8, 4) is 0 Å². The quantitative estimate of drug-likeness (QED) is 0.537. The molecule has 33 heavy (non-hydrogen) atoms.